The van der Waals surface area contributed by atoms with Crippen LogP contribution in [-0.4, -0.2) is 88.4 Å². The number of benzene rings is 1. The van der Waals surface area contributed by atoms with Gasteiger partial charge in [0, 0.05) is 25.2 Å². The number of unbranched alkanes of at least 4 members (excludes halogenated alkanes) is 3. The summed E-state index contributed by atoms with van der Waals surface area (Å²) in [6.45, 7) is 3.05. The number of primary amides is 1. The summed E-state index contributed by atoms with van der Waals surface area (Å²) in [5.41, 5.74) is 6.08. The molecule has 182 valence electrons. The lowest BCUT2D eigenvalue weighted by molar-refractivity contribution is -0.0840. The molecule has 0 aromatic heterocycles. The molecule has 0 aliphatic rings. The van der Waals surface area contributed by atoms with E-state index in [1.165, 1.54) is 0 Å². The molecule has 0 bridgehead atoms. The molecule has 32 heavy (non-hydrogen) atoms. The van der Waals surface area contributed by atoms with E-state index in [1.807, 2.05) is 4.90 Å². The standard InChI is InChI=1S/C22H37N3O7/c1-2-3-4-5-11-25(13-18(27)20(29)19(28)14-26)12-10-24-21(30)17-8-6-16(7-9-17)15-32-22(23)31/h6-9,18-20,26-29H,2-5,10-15H2,1H3,(H2,23,31)(H,24,30)/t18-,19+,20+/m1/s1. The van der Waals surface area contributed by atoms with Crippen LogP contribution in [0.2, 0.25) is 0 Å². The summed E-state index contributed by atoms with van der Waals surface area (Å²) in [4.78, 5) is 24.9. The second kappa shape index (κ2) is 15.5. The average Bonchev–Trinajstić information content (AvgIpc) is 2.79. The molecule has 0 aliphatic carbocycles. The van der Waals surface area contributed by atoms with E-state index >= 15 is 0 Å². The van der Waals surface area contributed by atoms with Gasteiger partial charge in [0.15, 0.2) is 0 Å². The lowest BCUT2D eigenvalue weighted by Gasteiger charge is -2.29. The normalized spacial score (nSPS) is 14.1. The third kappa shape index (κ3) is 10.9. The Morgan fingerprint density at radius 1 is 1.06 bits per heavy atom. The van der Waals surface area contributed by atoms with Crippen molar-refractivity contribution < 1.29 is 34.8 Å². The lowest BCUT2D eigenvalue weighted by Crippen LogP contribution is -2.47. The molecular formula is C22H37N3O7. The number of aliphatic hydroxyl groups is 4. The average molecular weight is 456 g/mol. The molecule has 0 fully saturated rings. The second-order valence-electron chi connectivity index (χ2n) is 7.73. The van der Waals surface area contributed by atoms with Crippen molar-refractivity contribution in [1.82, 2.24) is 10.2 Å². The summed E-state index contributed by atoms with van der Waals surface area (Å²) in [5.74, 6) is -0.269. The molecule has 7 N–H and O–H groups in total. The van der Waals surface area contributed by atoms with Gasteiger partial charge < -0.3 is 36.2 Å². The minimum Gasteiger partial charge on any atom is -0.445 e. The molecule has 0 heterocycles. The van der Waals surface area contributed by atoms with Crippen molar-refractivity contribution in [2.24, 2.45) is 5.73 Å². The molecule has 0 aliphatic heterocycles. The van der Waals surface area contributed by atoms with Gasteiger partial charge in [0.05, 0.1) is 12.7 Å². The zero-order valence-corrected chi connectivity index (χ0v) is 18.7. The molecule has 10 nitrogen and oxygen atoms in total. The van der Waals surface area contributed by atoms with Crippen LogP contribution in [0.1, 0.15) is 48.5 Å². The molecule has 2 amide bonds. The highest BCUT2D eigenvalue weighted by Crippen LogP contribution is 2.08. The van der Waals surface area contributed by atoms with E-state index in [0.717, 1.165) is 25.7 Å². The van der Waals surface area contributed by atoms with E-state index in [9.17, 15) is 24.9 Å². The third-order valence-electron chi connectivity index (χ3n) is 5.06. The van der Waals surface area contributed by atoms with E-state index in [0.29, 0.717) is 30.8 Å². The maximum Gasteiger partial charge on any atom is 0.404 e. The summed E-state index contributed by atoms with van der Waals surface area (Å²) >= 11 is 0. The maximum absolute atomic E-state index is 12.4. The van der Waals surface area contributed by atoms with E-state index in [2.05, 4.69) is 12.2 Å². The first-order valence-electron chi connectivity index (χ1n) is 10.9. The number of aliphatic hydroxyl groups excluding tert-OH is 4. The van der Waals surface area contributed by atoms with Crippen LogP contribution < -0.4 is 11.1 Å². The Morgan fingerprint density at radius 3 is 2.34 bits per heavy atom. The zero-order valence-electron chi connectivity index (χ0n) is 18.7. The van der Waals surface area contributed by atoms with Gasteiger partial charge in [0.1, 0.15) is 18.8 Å². The van der Waals surface area contributed by atoms with Crippen LogP contribution >= 0.6 is 0 Å². The van der Waals surface area contributed by atoms with Gasteiger partial charge in [-0.15, -0.1) is 0 Å². The first-order chi connectivity index (χ1) is 15.3. The van der Waals surface area contributed by atoms with Crippen molar-refractivity contribution in [3.8, 4) is 0 Å². The van der Waals surface area contributed by atoms with E-state index in [4.69, 9.17) is 15.6 Å². The molecule has 0 radical (unpaired) electrons. The molecule has 0 saturated heterocycles. The van der Waals surface area contributed by atoms with Gasteiger partial charge >= 0.3 is 6.09 Å². The number of carbonyl (C=O) groups is 2. The van der Waals surface area contributed by atoms with E-state index < -0.39 is 31.0 Å². The topological polar surface area (TPSA) is 166 Å². The Bertz CT molecular complexity index is 672. The van der Waals surface area contributed by atoms with Crippen LogP contribution in [0.15, 0.2) is 24.3 Å². The number of nitrogens with two attached hydrogens (primary N) is 1. The number of nitrogens with zero attached hydrogens (tertiary/aromatic N) is 1. The number of hydrogen-bond acceptors (Lipinski definition) is 8. The number of carbonyl (C=O) groups excluding carboxylic acids is 2. The molecule has 0 spiro atoms. The Morgan fingerprint density at radius 2 is 1.75 bits per heavy atom. The van der Waals surface area contributed by atoms with Crippen LogP contribution in [0.4, 0.5) is 4.79 Å². The second-order valence-corrected chi connectivity index (χ2v) is 7.73. The number of hydrogen-bond donors (Lipinski definition) is 6. The van der Waals surface area contributed by atoms with Crippen molar-refractivity contribution in [2.75, 3.05) is 32.8 Å². The van der Waals surface area contributed by atoms with Gasteiger partial charge in [0.25, 0.3) is 5.91 Å². The predicted octanol–water partition coefficient (Wildman–Crippen LogP) is -0.0310. The molecule has 1 aromatic rings. The SMILES string of the molecule is CCCCCCN(CCNC(=O)c1ccc(COC(N)=O)cc1)C[C@@H](O)[C@H](O)[C@@H](O)CO. The summed E-state index contributed by atoms with van der Waals surface area (Å²) in [7, 11) is 0. The molecule has 10 heteroatoms. The largest absolute Gasteiger partial charge is 0.445 e. The van der Waals surface area contributed by atoms with E-state index in [1.54, 1.807) is 24.3 Å². The van der Waals surface area contributed by atoms with Crippen LogP contribution in [0.3, 0.4) is 0 Å². The summed E-state index contributed by atoms with van der Waals surface area (Å²) < 4.78 is 4.70. The molecule has 1 aromatic carbocycles. The number of nitrogens with one attached hydrogen (secondary N) is 1. The fourth-order valence-electron chi connectivity index (χ4n) is 3.13. The van der Waals surface area contributed by atoms with Crippen LogP contribution in [0.5, 0.6) is 0 Å². The third-order valence-corrected chi connectivity index (χ3v) is 5.06. The monoisotopic (exact) mass is 455 g/mol. The number of rotatable bonds is 16. The Hall–Kier alpha value is -2.24. The van der Waals surface area contributed by atoms with E-state index in [-0.39, 0.29) is 19.1 Å². The van der Waals surface area contributed by atoms with Gasteiger partial charge in [-0.25, -0.2) is 4.79 Å². The van der Waals surface area contributed by atoms with Crippen molar-refractivity contribution >= 4 is 12.0 Å². The molecule has 3 atom stereocenters. The van der Waals surface area contributed by atoms with Crippen molar-refractivity contribution in [3.63, 3.8) is 0 Å². The quantitative estimate of drug-likeness (QED) is 0.189. The molecular weight excluding hydrogens is 418 g/mol. The van der Waals surface area contributed by atoms with Crippen molar-refractivity contribution in [3.05, 3.63) is 35.4 Å². The summed E-state index contributed by atoms with van der Waals surface area (Å²) in [5, 5.41) is 41.4. The van der Waals surface area contributed by atoms with Gasteiger partial charge in [-0.2, -0.15) is 0 Å². The van der Waals surface area contributed by atoms with Gasteiger partial charge in [-0.1, -0.05) is 38.3 Å². The van der Waals surface area contributed by atoms with Gasteiger partial charge in [-0.05, 0) is 30.7 Å². The minimum atomic E-state index is -1.45. The molecule has 0 unspecified atom stereocenters. The predicted molar refractivity (Wildman–Crippen MR) is 119 cm³/mol. The fourth-order valence-corrected chi connectivity index (χ4v) is 3.13. The number of amides is 2. The lowest BCUT2D eigenvalue weighted by atomic mass is 10.1. The first-order valence-corrected chi connectivity index (χ1v) is 10.9. The van der Waals surface area contributed by atoms with Crippen molar-refractivity contribution in [2.45, 2.75) is 57.5 Å². The maximum atomic E-state index is 12.4. The molecule has 1 rings (SSSR count). The van der Waals surface area contributed by atoms with Crippen LogP contribution in [-0.2, 0) is 11.3 Å². The summed E-state index contributed by atoms with van der Waals surface area (Å²) in [6, 6.07) is 6.58. The van der Waals surface area contributed by atoms with Crippen LogP contribution in [0, 0.1) is 0 Å². The summed E-state index contributed by atoms with van der Waals surface area (Å²) in [6.07, 6.45) is -0.838. The number of ether oxygens (including phenoxy) is 1. The Labute approximate surface area is 189 Å². The highest BCUT2D eigenvalue weighted by atomic mass is 16.5. The Kier molecular flexibility index (Phi) is 13.5. The Balaban J connectivity index is 2.56. The van der Waals surface area contributed by atoms with Gasteiger partial charge in [0.2, 0.25) is 0 Å². The smallest absolute Gasteiger partial charge is 0.404 e. The zero-order chi connectivity index (χ0) is 23.9. The van der Waals surface area contributed by atoms with Crippen LogP contribution in [0.25, 0.3) is 0 Å². The fraction of sp³-hybridized carbons (Fsp3) is 0.636. The van der Waals surface area contributed by atoms with Crippen molar-refractivity contribution in [1.29, 1.82) is 0 Å². The molecule has 0 saturated carbocycles. The first kappa shape index (κ1) is 27.8. The minimum absolute atomic E-state index is 0.0311. The highest BCUT2D eigenvalue weighted by Gasteiger charge is 2.25. The highest BCUT2D eigenvalue weighted by molar-refractivity contribution is 5.94. The van der Waals surface area contributed by atoms with Gasteiger partial charge in [-0.3, -0.25) is 9.69 Å².